The van der Waals surface area contributed by atoms with E-state index in [1.165, 1.54) is 12.4 Å². The highest BCUT2D eigenvalue weighted by molar-refractivity contribution is 9.10. The van der Waals surface area contributed by atoms with Crippen LogP contribution in [0.3, 0.4) is 0 Å². The fraction of sp³-hybridized carbons (Fsp3) is 0.353. The molecule has 0 unspecified atom stereocenters. The Hall–Kier alpha value is -2.62. The largest absolute Gasteiger partial charge is 0.450 e. The molecule has 1 aromatic heterocycles. The second-order valence-electron chi connectivity index (χ2n) is 5.88. The number of hydrogen-bond donors (Lipinski definition) is 2. The van der Waals surface area contributed by atoms with Gasteiger partial charge >= 0.3 is 6.09 Å². The molecule has 1 aliphatic heterocycles. The number of anilines is 4. The predicted octanol–water partition coefficient (Wildman–Crippen LogP) is 2.98. The molecular formula is C17H20BrFN6O2. The second kappa shape index (κ2) is 8.38. The maximum absolute atomic E-state index is 14.1. The van der Waals surface area contributed by atoms with Gasteiger partial charge in [-0.05, 0) is 25.1 Å². The van der Waals surface area contributed by atoms with E-state index in [1.807, 2.05) is 4.90 Å². The lowest BCUT2D eigenvalue weighted by atomic mass is 10.2. The number of carbonyl (C=O) groups excluding carboxylic acids is 1. The van der Waals surface area contributed by atoms with Crippen molar-refractivity contribution in [1.29, 1.82) is 0 Å². The van der Waals surface area contributed by atoms with Crippen LogP contribution in [-0.2, 0) is 4.74 Å². The normalized spacial score (nSPS) is 14.2. The van der Waals surface area contributed by atoms with E-state index in [2.05, 4.69) is 31.2 Å². The molecule has 0 bridgehead atoms. The number of nitrogens with one attached hydrogen (secondary N) is 1. The van der Waals surface area contributed by atoms with Crippen LogP contribution < -0.4 is 16.0 Å². The summed E-state index contributed by atoms with van der Waals surface area (Å²) in [6.07, 6.45) is 1.06. The molecule has 1 fully saturated rings. The summed E-state index contributed by atoms with van der Waals surface area (Å²) in [6.45, 7) is 4.26. The highest BCUT2D eigenvalue weighted by Crippen LogP contribution is 2.30. The van der Waals surface area contributed by atoms with Gasteiger partial charge in [-0.2, -0.15) is 0 Å². The number of carbonyl (C=O) groups is 1. The van der Waals surface area contributed by atoms with Crippen LogP contribution in [0, 0.1) is 5.82 Å². The van der Waals surface area contributed by atoms with Crippen LogP contribution in [-0.4, -0.2) is 53.7 Å². The summed E-state index contributed by atoms with van der Waals surface area (Å²) in [4.78, 5) is 23.8. The Morgan fingerprint density at radius 2 is 2.07 bits per heavy atom. The van der Waals surface area contributed by atoms with Crippen LogP contribution in [0.5, 0.6) is 0 Å². The highest BCUT2D eigenvalue weighted by Gasteiger charge is 2.24. The molecule has 0 radical (unpaired) electrons. The van der Waals surface area contributed by atoms with Gasteiger partial charge in [0, 0.05) is 30.7 Å². The number of ether oxygens (including phenoxy) is 1. The fourth-order valence-corrected chi connectivity index (χ4v) is 3.11. The first-order valence-corrected chi connectivity index (χ1v) is 9.28. The minimum absolute atomic E-state index is 0.265. The average Bonchev–Trinajstić information content (AvgIpc) is 2.66. The average molecular weight is 439 g/mol. The summed E-state index contributed by atoms with van der Waals surface area (Å²) in [7, 11) is 0. The van der Waals surface area contributed by atoms with Gasteiger partial charge in [0.25, 0.3) is 0 Å². The Morgan fingerprint density at radius 3 is 2.74 bits per heavy atom. The van der Waals surface area contributed by atoms with Gasteiger partial charge in [-0.25, -0.2) is 19.2 Å². The molecule has 144 valence electrons. The number of nitrogen functional groups attached to an aromatic ring is 1. The molecule has 2 heterocycles. The van der Waals surface area contributed by atoms with Gasteiger partial charge in [0.05, 0.1) is 12.3 Å². The molecule has 0 spiro atoms. The van der Waals surface area contributed by atoms with E-state index < -0.39 is 5.82 Å². The van der Waals surface area contributed by atoms with Gasteiger partial charge in [-0.15, -0.1) is 0 Å². The molecule has 1 saturated heterocycles. The topological polar surface area (TPSA) is 96.6 Å². The smallest absolute Gasteiger partial charge is 0.409 e. The van der Waals surface area contributed by atoms with Crippen molar-refractivity contribution in [2.24, 2.45) is 0 Å². The molecule has 1 amide bonds. The van der Waals surface area contributed by atoms with Crippen molar-refractivity contribution < 1.29 is 13.9 Å². The first-order chi connectivity index (χ1) is 13.0. The zero-order chi connectivity index (χ0) is 19.4. The van der Waals surface area contributed by atoms with Gasteiger partial charge in [0.1, 0.15) is 17.8 Å². The monoisotopic (exact) mass is 438 g/mol. The number of nitrogens with two attached hydrogens (primary N) is 1. The van der Waals surface area contributed by atoms with Gasteiger partial charge in [0.2, 0.25) is 0 Å². The van der Waals surface area contributed by atoms with Crippen molar-refractivity contribution in [1.82, 2.24) is 14.9 Å². The zero-order valence-corrected chi connectivity index (χ0v) is 16.4. The minimum atomic E-state index is -0.424. The van der Waals surface area contributed by atoms with E-state index in [9.17, 15) is 9.18 Å². The molecule has 3 N–H and O–H groups in total. The standard InChI is InChI=1S/C17H20BrFN6O2/c1-2-27-17(26)25-7-5-24(6-8-25)16-14(20)15(21-10-22-16)23-13-4-3-11(18)9-12(13)19/h3-4,9-10H,2,5-8,20H2,1H3,(H,21,22,23). The SMILES string of the molecule is CCOC(=O)N1CCN(c2ncnc(Nc3ccc(Br)cc3F)c2N)CC1. The number of piperazine rings is 1. The number of rotatable bonds is 4. The third-order valence-corrected chi connectivity index (χ3v) is 4.65. The Morgan fingerprint density at radius 1 is 1.33 bits per heavy atom. The molecule has 1 aliphatic rings. The van der Waals surface area contributed by atoms with Crippen LogP contribution in [0.1, 0.15) is 6.92 Å². The molecule has 1 aromatic carbocycles. The van der Waals surface area contributed by atoms with Crippen LogP contribution >= 0.6 is 15.9 Å². The van der Waals surface area contributed by atoms with E-state index >= 15 is 0 Å². The minimum Gasteiger partial charge on any atom is -0.450 e. The number of nitrogens with zero attached hydrogens (tertiary/aromatic N) is 4. The van der Waals surface area contributed by atoms with Crippen molar-refractivity contribution in [3.63, 3.8) is 0 Å². The molecule has 3 rings (SSSR count). The van der Waals surface area contributed by atoms with Crippen LogP contribution in [0.15, 0.2) is 29.0 Å². The summed E-state index contributed by atoms with van der Waals surface area (Å²) >= 11 is 3.22. The van der Waals surface area contributed by atoms with Crippen molar-refractivity contribution in [3.8, 4) is 0 Å². The molecule has 8 nitrogen and oxygen atoms in total. The van der Waals surface area contributed by atoms with E-state index in [0.29, 0.717) is 54.6 Å². The van der Waals surface area contributed by atoms with Gasteiger partial charge in [0.15, 0.2) is 11.6 Å². The first kappa shape index (κ1) is 19.2. The number of benzene rings is 1. The summed E-state index contributed by atoms with van der Waals surface area (Å²) < 4.78 is 19.7. The Bertz CT molecular complexity index is 829. The summed E-state index contributed by atoms with van der Waals surface area (Å²) in [6, 6.07) is 4.67. The predicted molar refractivity (Wildman–Crippen MR) is 105 cm³/mol. The Kier molecular flexibility index (Phi) is 5.94. The molecule has 0 atom stereocenters. The lowest BCUT2D eigenvalue weighted by molar-refractivity contribution is 0.105. The fourth-order valence-electron chi connectivity index (χ4n) is 2.77. The lowest BCUT2D eigenvalue weighted by Crippen LogP contribution is -2.49. The van der Waals surface area contributed by atoms with Crippen molar-refractivity contribution in [2.45, 2.75) is 6.92 Å². The van der Waals surface area contributed by atoms with E-state index in [1.54, 1.807) is 24.0 Å². The molecular weight excluding hydrogens is 419 g/mol. The molecule has 27 heavy (non-hydrogen) atoms. The third kappa shape index (κ3) is 4.38. The van der Waals surface area contributed by atoms with Crippen LogP contribution in [0.4, 0.5) is 32.2 Å². The number of hydrogen-bond acceptors (Lipinski definition) is 7. The number of aromatic nitrogens is 2. The molecule has 10 heteroatoms. The number of amides is 1. The van der Waals surface area contributed by atoms with E-state index in [4.69, 9.17) is 10.5 Å². The maximum atomic E-state index is 14.1. The van der Waals surface area contributed by atoms with Crippen molar-refractivity contribution >= 4 is 45.0 Å². The Labute approximate surface area is 164 Å². The van der Waals surface area contributed by atoms with E-state index in [0.717, 1.165) is 0 Å². The van der Waals surface area contributed by atoms with Gasteiger partial charge in [-0.3, -0.25) is 0 Å². The molecule has 2 aromatic rings. The molecule has 0 aliphatic carbocycles. The van der Waals surface area contributed by atoms with Crippen molar-refractivity contribution in [3.05, 3.63) is 34.8 Å². The summed E-state index contributed by atoms with van der Waals surface area (Å²) in [5, 5.41) is 2.91. The second-order valence-corrected chi connectivity index (χ2v) is 6.80. The third-order valence-electron chi connectivity index (χ3n) is 4.15. The first-order valence-electron chi connectivity index (χ1n) is 8.48. The van der Waals surface area contributed by atoms with Gasteiger partial charge < -0.3 is 25.6 Å². The number of halogens is 2. The molecule has 0 saturated carbocycles. The Balaban J connectivity index is 1.73. The van der Waals surface area contributed by atoms with E-state index in [-0.39, 0.29) is 11.8 Å². The zero-order valence-electron chi connectivity index (χ0n) is 14.8. The summed E-state index contributed by atoms with van der Waals surface area (Å²) in [5.74, 6) is 0.453. The highest BCUT2D eigenvalue weighted by atomic mass is 79.9. The van der Waals surface area contributed by atoms with Crippen molar-refractivity contribution in [2.75, 3.05) is 48.7 Å². The van der Waals surface area contributed by atoms with Gasteiger partial charge in [-0.1, -0.05) is 15.9 Å². The lowest BCUT2D eigenvalue weighted by Gasteiger charge is -2.35. The maximum Gasteiger partial charge on any atom is 0.409 e. The van der Waals surface area contributed by atoms with Crippen LogP contribution in [0.25, 0.3) is 0 Å². The summed E-state index contributed by atoms with van der Waals surface area (Å²) in [5.41, 5.74) is 6.81. The van der Waals surface area contributed by atoms with Crippen LogP contribution in [0.2, 0.25) is 0 Å². The quantitative estimate of drug-likeness (QED) is 0.756.